The lowest BCUT2D eigenvalue weighted by Gasteiger charge is -2.35. The van der Waals surface area contributed by atoms with Gasteiger partial charge < -0.3 is 10.4 Å². The topological polar surface area (TPSA) is 35.5 Å². The highest BCUT2D eigenvalue weighted by Gasteiger charge is 2.32. The number of piperazine rings is 1. The first kappa shape index (κ1) is 15.6. The van der Waals surface area contributed by atoms with Gasteiger partial charge in [0.1, 0.15) is 11.8 Å². The molecule has 106 valence electrons. The molecule has 0 aromatic heterocycles. The Morgan fingerprint density at radius 1 is 1.21 bits per heavy atom. The van der Waals surface area contributed by atoms with E-state index in [1.807, 2.05) is 22.6 Å². The number of nitrogens with zero attached hydrogens (tertiary/aromatic N) is 1. The number of rotatable bonds is 3. The van der Waals surface area contributed by atoms with E-state index in [2.05, 4.69) is 27.9 Å². The van der Waals surface area contributed by atoms with Crippen LogP contribution in [0.3, 0.4) is 0 Å². The van der Waals surface area contributed by atoms with Crippen LogP contribution in [0.15, 0.2) is 12.1 Å². The summed E-state index contributed by atoms with van der Waals surface area (Å²) < 4.78 is 28.3. The molecule has 0 radical (unpaired) electrons. The van der Waals surface area contributed by atoms with Crippen LogP contribution in [0.5, 0.6) is 5.75 Å². The average Bonchev–Trinajstić information content (AvgIpc) is 2.36. The maximum atomic E-state index is 13.4. The molecule has 7 heteroatoms. The summed E-state index contributed by atoms with van der Waals surface area (Å²) >= 11 is 4.06. The van der Waals surface area contributed by atoms with Gasteiger partial charge in [0.05, 0.1) is 3.57 Å². The fourth-order valence-electron chi connectivity index (χ4n) is 2.26. The van der Waals surface area contributed by atoms with Crippen LogP contribution in [0.1, 0.15) is 11.6 Å². The Morgan fingerprint density at radius 2 is 1.84 bits per heavy atom. The molecule has 3 nitrogen and oxygen atoms in total. The number of hydrogen-bond acceptors (Lipinski definition) is 3. The standard InChI is InChI=1S/C12H14F2I2N2O/c13-12(14)10(18-3-1-17-2-4-18)8-5-7(15)6-9(16)11(8)19/h5-6,10,12,17,19H,1-4H2/t10-/m0/s1. The summed E-state index contributed by atoms with van der Waals surface area (Å²) in [6.45, 7) is 2.53. The van der Waals surface area contributed by atoms with Crippen LogP contribution in [0.4, 0.5) is 8.78 Å². The molecule has 0 spiro atoms. The smallest absolute Gasteiger partial charge is 0.258 e. The minimum Gasteiger partial charge on any atom is -0.506 e. The van der Waals surface area contributed by atoms with E-state index >= 15 is 0 Å². The lowest BCUT2D eigenvalue weighted by molar-refractivity contribution is 0.0169. The Kier molecular flexibility index (Phi) is 5.61. The van der Waals surface area contributed by atoms with Crippen molar-refractivity contribution >= 4 is 45.2 Å². The number of benzene rings is 1. The molecule has 1 aromatic carbocycles. The van der Waals surface area contributed by atoms with Gasteiger partial charge in [-0.05, 0) is 57.3 Å². The molecule has 1 heterocycles. The molecule has 1 aromatic rings. The first-order valence-corrected chi connectivity index (χ1v) is 8.07. The van der Waals surface area contributed by atoms with Crippen LogP contribution in [-0.2, 0) is 0 Å². The van der Waals surface area contributed by atoms with Crippen molar-refractivity contribution in [1.82, 2.24) is 10.2 Å². The van der Waals surface area contributed by atoms with Gasteiger partial charge in [0.15, 0.2) is 0 Å². The lowest BCUT2D eigenvalue weighted by Crippen LogP contribution is -2.47. The zero-order valence-corrected chi connectivity index (χ0v) is 14.4. The van der Waals surface area contributed by atoms with E-state index in [4.69, 9.17) is 0 Å². The third-order valence-electron chi connectivity index (χ3n) is 3.16. The summed E-state index contributed by atoms with van der Waals surface area (Å²) in [5, 5.41) is 13.2. The van der Waals surface area contributed by atoms with Crippen LogP contribution in [0, 0.1) is 7.14 Å². The quantitative estimate of drug-likeness (QED) is 0.636. The van der Waals surface area contributed by atoms with E-state index in [1.54, 1.807) is 17.0 Å². The molecule has 2 N–H and O–H groups in total. The fourth-order valence-corrected chi connectivity index (χ4v) is 4.15. The van der Waals surface area contributed by atoms with Gasteiger partial charge in [-0.3, -0.25) is 4.90 Å². The monoisotopic (exact) mass is 494 g/mol. The first-order chi connectivity index (χ1) is 9.00. The predicted octanol–water partition coefficient (Wildman–Crippen LogP) is 2.81. The second-order valence-electron chi connectivity index (χ2n) is 4.39. The summed E-state index contributed by atoms with van der Waals surface area (Å²) in [6.07, 6.45) is -2.52. The summed E-state index contributed by atoms with van der Waals surface area (Å²) in [4.78, 5) is 1.74. The SMILES string of the molecule is Oc1c(I)cc(I)cc1[C@@H](C(F)F)N1CCNCC1. The van der Waals surface area contributed by atoms with Crippen LogP contribution in [0.2, 0.25) is 0 Å². The first-order valence-electron chi connectivity index (χ1n) is 5.91. The van der Waals surface area contributed by atoms with Crippen molar-refractivity contribution < 1.29 is 13.9 Å². The Morgan fingerprint density at radius 3 is 2.42 bits per heavy atom. The van der Waals surface area contributed by atoms with E-state index in [1.165, 1.54) is 0 Å². The van der Waals surface area contributed by atoms with E-state index in [0.29, 0.717) is 35.3 Å². The molecule has 0 saturated carbocycles. The number of halogens is 4. The maximum absolute atomic E-state index is 13.4. The Bertz CT molecular complexity index is 454. The molecule has 19 heavy (non-hydrogen) atoms. The van der Waals surface area contributed by atoms with Crippen molar-refractivity contribution in [3.05, 3.63) is 24.8 Å². The predicted molar refractivity (Wildman–Crippen MR) is 86.7 cm³/mol. The molecule has 1 aliphatic rings. The van der Waals surface area contributed by atoms with E-state index in [-0.39, 0.29) is 5.75 Å². The zero-order chi connectivity index (χ0) is 14.0. The van der Waals surface area contributed by atoms with Gasteiger partial charge in [-0.25, -0.2) is 8.78 Å². The minimum atomic E-state index is -2.52. The van der Waals surface area contributed by atoms with Crippen molar-refractivity contribution in [1.29, 1.82) is 0 Å². The minimum absolute atomic E-state index is 0.0233. The molecular weight excluding hydrogens is 480 g/mol. The van der Waals surface area contributed by atoms with Crippen molar-refractivity contribution in [3.8, 4) is 5.75 Å². The van der Waals surface area contributed by atoms with Crippen molar-refractivity contribution in [3.63, 3.8) is 0 Å². The van der Waals surface area contributed by atoms with Gasteiger partial charge in [-0.15, -0.1) is 0 Å². The molecule has 1 saturated heterocycles. The van der Waals surface area contributed by atoms with Gasteiger partial charge in [0.25, 0.3) is 6.43 Å². The Balaban J connectivity index is 2.38. The average molecular weight is 494 g/mol. The molecule has 0 aliphatic carbocycles. The van der Waals surface area contributed by atoms with Gasteiger partial charge in [-0.2, -0.15) is 0 Å². The van der Waals surface area contributed by atoms with Crippen LogP contribution < -0.4 is 5.32 Å². The van der Waals surface area contributed by atoms with Gasteiger partial charge >= 0.3 is 0 Å². The van der Waals surface area contributed by atoms with Gasteiger partial charge in [0.2, 0.25) is 0 Å². The number of phenols is 1. The zero-order valence-electron chi connectivity index (χ0n) is 10.0. The van der Waals surface area contributed by atoms with Crippen LogP contribution >= 0.6 is 45.2 Å². The second-order valence-corrected chi connectivity index (χ2v) is 6.80. The van der Waals surface area contributed by atoms with E-state index < -0.39 is 12.5 Å². The molecular formula is C12H14F2I2N2O. The normalized spacial score (nSPS) is 18.8. The molecule has 1 aliphatic heterocycles. The fraction of sp³-hybridized carbons (Fsp3) is 0.500. The lowest BCUT2D eigenvalue weighted by atomic mass is 10.0. The number of hydrogen-bond donors (Lipinski definition) is 2. The molecule has 0 amide bonds. The van der Waals surface area contributed by atoms with E-state index in [9.17, 15) is 13.9 Å². The number of nitrogens with one attached hydrogen (secondary N) is 1. The second kappa shape index (κ2) is 6.81. The number of phenolic OH excluding ortho intramolecular Hbond substituents is 1. The highest BCUT2D eigenvalue weighted by molar-refractivity contribution is 14.1. The highest BCUT2D eigenvalue weighted by atomic mass is 127. The molecule has 1 fully saturated rings. The van der Waals surface area contributed by atoms with Crippen molar-refractivity contribution in [2.75, 3.05) is 26.2 Å². The van der Waals surface area contributed by atoms with Crippen molar-refractivity contribution in [2.24, 2.45) is 0 Å². The molecule has 0 unspecified atom stereocenters. The summed E-state index contributed by atoms with van der Waals surface area (Å²) in [5.74, 6) is -0.0233. The number of alkyl halides is 2. The molecule has 1 atom stereocenters. The van der Waals surface area contributed by atoms with E-state index in [0.717, 1.165) is 3.57 Å². The highest BCUT2D eigenvalue weighted by Crippen LogP contribution is 2.37. The largest absolute Gasteiger partial charge is 0.506 e. The Hall–Kier alpha value is 0.260. The van der Waals surface area contributed by atoms with Gasteiger partial charge in [0, 0.05) is 35.3 Å². The molecule has 2 rings (SSSR count). The number of aromatic hydroxyl groups is 1. The molecule has 0 bridgehead atoms. The van der Waals surface area contributed by atoms with Crippen LogP contribution in [-0.4, -0.2) is 42.6 Å². The third kappa shape index (κ3) is 3.67. The summed E-state index contributed by atoms with van der Waals surface area (Å²) in [7, 11) is 0. The maximum Gasteiger partial charge on any atom is 0.258 e. The third-order valence-corrected chi connectivity index (χ3v) is 4.61. The van der Waals surface area contributed by atoms with Crippen molar-refractivity contribution in [2.45, 2.75) is 12.5 Å². The summed E-state index contributed by atoms with van der Waals surface area (Å²) in [6, 6.07) is 2.39. The summed E-state index contributed by atoms with van der Waals surface area (Å²) in [5.41, 5.74) is 0.327. The van der Waals surface area contributed by atoms with Gasteiger partial charge in [-0.1, -0.05) is 0 Å². The van der Waals surface area contributed by atoms with Crippen LogP contribution in [0.25, 0.3) is 0 Å². The Labute approximate surface area is 138 Å².